The van der Waals surface area contributed by atoms with Gasteiger partial charge >= 0.3 is 0 Å². The third-order valence-corrected chi connectivity index (χ3v) is 4.45. The summed E-state index contributed by atoms with van der Waals surface area (Å²) in [6.45, 7) is 3.74. The lowest BCUT2D eigenvalue weighted by Crippen LogP contribution is -2.48. The normalized spacial score (nSPS) is 17.8. The first kappa shape index (κ1) is 15.7. The Hall–Kier alpha value is -2.80. The smallest absolute Gasteiger partial charge is 0.259 e. The van der Waals surface area contributed by atoms with Crippen LogP contribution < -0.4 is 5.32 Å². The van der Waals surface area contributed by atoms with Gasteiger partial charge in [-0.05, 0) is 30.2 Å². The van der Waals surface area contributed by atoms with Crippen LogP contribution in [0, 0.1) is 12.7 Å². The number of aromatic nitrogens is 3. The van der Waals surface area contributed by atoms with E-state index in [9.17, 15) is 9.18 Å². The van der Waals surface area contributed by atoms with Crippen LogP contribution in [-0.4, -0.2) is 45.0 Å². The summed E-state index contributed by atoms with van der Waals surface area (Å²) in [4.78, 5) is 19.1. The minimum Gasteiger partial charge on any atom is -0.335 e. The van der Waals surface area contributed by atoms with Crippen molar-refractivity contribution in [1.82, 2.24) is 24.8 Å². The van der Waals surface area contributed by atoms with E-state index in [1.54, 1.807) is 33.9 Å². The van der Waals surface area contributed by atoms with E-state index < -0.39 is 0 Å². The van der Waals surface area contributed by atoms with Crippen molar-refractivity contribution in [3.63, 3.8) is 0 Å². The van der Waals surface area contributed by atoms with Crippen molar-refractivity contribution in [2.75, 3.05) is 19.6 Å². The highest BCUT2D eigenvalue weighted by molar-refractivity contribution is 5.99. The van der Waals surface area contributed by atoms with Gasteiger partial charge in [-0.2, -0.15) is 5.10 Å². The SMILES string of the molecule is Cc1cnc2c(C(=O)N3CCNC(c4ccc(F)cc4)C3)cnn2c1. The molecular formula is C18H18FN5O. The number of piperazine rings is 1. The van der Waals surface area contributed by atoms with Gasteiger partial charge in [0.25, 0.3) is 5.91 Å². The molecule has 0 radical (unpaired) electrons. The molecule has 3 heterocycles. The Morgan fingerprint density at radius 3 is 2.88 bits per heavy atom. The van der Waals surface area contributed by atoms with Crippen molar-refractivity contribution in [1.29, 1.82) is 0 Å². The molecule has 1 aromatic carbocycles. The van der Waals surface area contributed by atoms with E-state index in [1.807, 2.05) is 13.1 Å². The van der Waals surface area contributed by atoms with Crippen molar-refractivity contribution in [2.45, 2.75) is 13.0 Å². The first-order valence-corrected chi connectivity index (χ1v) is 8.20. The van der Waals surface area contributed by atoms with Crippen LogP contribution >= 0.6 is 0 Å². The Balaban J connectivity index is 1.58. The van der Waals surface area contributed by atoms with E-state index in [2.05, 4.69) is 15.4 Å². The first-order valence-electron chi connectivity index (χ1n) is 8.20. The zero-order chi connectivity index (χ0) is 17.4. The molecular weight excluding hydrogens is 321 g/mol. The van der Waals surface area contributed by atoms with Crippen LogP contribution in [0.1, 0.15) is 27.5 Å². The highest BCUT2D eigenvalue weighted by Gasteiger charge is 2.27. The number of amides is 1. The minimum atomic E-state index is -0.264. The molecule has 128 valence electrons. The van der Waals surface area contributed by atoms with Gasteiger partial charge in [0.2, 0.25) is 0 Å². The van der Waals surface area contributed by atoms with Gasteiger partial charge in [-0.3, -0.25) is 4.79 Å². The second-order valence-corrected chi connectivity index (χ2v) is 6.27. The summed E-state index contributed by atoms with van der Waals surface area (Å²) < 4.78 is 14.7. The third-order valence-electron chi connectivity index (χ3n) is 4.45. The maximum absolute atomic E-state index is 13.1. The molecule has 1 N–H and O–H groups in total. The molecule has 1 aliphatic heterocycles. The Labute approximate surface area is 144 Å². The van der Waals surface area contributed by atoms with Gasteiger partial charge in [-0.1, -0.05) is 12.1 Å². The van der Waals surface area contributed by atoms with Gasteiger partial charge in [-0.15, -0.1) is 0 Å². The largest absolute Gasteiger partial charge is 0.335 e. The number of nitrogens with zero attached hydrogens (tertiary/aromatic N) is 4. The predicted molar refractivity (Wildman–Crippen MR) is 90.8 cm³/mol. The second kappa shape index (κ2) is 6.25. The number of benzene rings is 1. The quantitative estimate of drug-likeness (QED) is 0.775. The predicted octanol–water partition coefficient (Wildman–Crippen LogP) is 1.96. The lowest BCUT2D eigenvalue weighted by molar-refractivity contribution is 0.0704. The monoisotopic (exact) mass is 339 g/mol. The van der Waals surface area contributed by atoms with E-state index in [4.69, 9.17) is 0 Å². The minimum absolute atomic E-state index is 0.0182. The number of hydrogen-bond acceptors (Lipinski definition) is 4. The molecule has 1 aliphatic rings. The molecule has 0 bridgehead atoms. The Kier molecular flexibility index (Phi) is 3.93. The molecule has 1 unspecified atom stereocenters. The summed E-state index contributed by atoms with van der Waals surface area (Å²) >= 11 is 0. The summed E-state index contributed by atoms with van der Waals surface area (Å²) in [6.07, 6.45) is 5.14. The average molecular weight is 339 g/mol. The average Bonchev–Trinajstić information content (AvgIpc) is 3.04. The Morgan fingerprint density at radius 1 is 1.28 bits per heavy atom. The zero-order valence-electron chi connectivity index (χ0n) is 13.8. The van der Waals surface area contributed by atoms with Gasteiger partial charge in [0.1, 0.15) is 11.4 Å². The number of hydrogen-bond donors (Lipinski definition) is 1. The molecule has 1 fully saturated rings. The molecule has 2 aromatic heterocycles. The molecule has 7 heteroatoms. The molecule has 4 rings (SSSR count). The summed E-state index contributed by atoms with van der Waals surface area (Å²) in [5.41, 5.74) is 3.01. The standard InChI is InChI=1S/C18H18FN5O/c1-12-8-21-17-15(9-22-24(17)10-12)18(25)23-7-6-20-16(11-23)13-2-4-14(19)5-3-13/h2-5,8-10,16,20H,6-7,11H2,1H3. The molecule has 25 heavy (non-hydrogen) atoms. The Morgan fingerprint density at radius 2 is 2.08 bits per heavy atom. The summed E-state index contributed by atoms with van der Waals surface area (Å²) in [5, 5.41) is 7.61. The van der Waals surface area contributed by atoms with Crippen LogP contribution in [0.4, 0.5) is 4.39 Å². The van der Waals surface area contributed by atoms with Gasteiger partial charge in [0.15, 0.2) is 5.65 Å². The molecule has 1 saturated heterocycles. The fourth-order valence-corrected chi connectivity index (χ4v) is 3.14. The number of halogens is 1. The van der Waals surface area contributed by atoms with E-state index in [1.165, 1.54) is 12.1 Å². The molecule has 6 nitrogen and oxygen atoms in total. The third kappa shape index (κ3) is 2.98. The van der Waals surface area contributed by atoms with Crippen LogP contribution in [0.3, 0.4) is 0 Å². The molecule has 3 aromatic rings. The summed E-state index contributed by atoms with van der Waals surface area (Å²) in [6, 6.07) is 6.36. The number of fused-ring (bicyclic) bond motifs is 1. The first-order chi connectivity index (χ1) is 12.1. The van der Waals surface area contributed by atoms with Crippen molar-refractivity contribution in [3.8, 4) is 0 Å². The van der Waals surface area contributed by atoms with Crippen LogP contribution in [-0.2, 0) is 0 Å². The fraction of sp³-hybridized carbons (Fsp3) is 0.278. The second-order valence-electron chi connectivity index (χ2n) is 6.27. The van der Waals surface area contributed by atoms with E-state index in [-0.39, 0.29) is 17.8 Å². The molecule has 1 amide bonds. The van der Waals surface area contributed by atoms with Gasteiger partial charge < -0.3 is 10.2 Å². The fourth-order valence-electron chi connectivity index (χ4n) is 3.14. The Bertz CT molecular complexity index is 921. The molecule has 1 atom stereocenters. The van der Waals surface area contributed by atoms with Crippen molar-refractivity contribution in [3.05, 3.63) is 65.4 Å². The maximum Gasteiger partial charge on any atom is 0.259 e. The highest BCUT2D eigenvalue weighted by atomic mass is 19.1. The zero-order valence-corrected chi connectivity index (χ0v) is 13.8. The van der Waals surface area contributed by atoms with Crippen molar-refractivity contribution in [2.24, 2.45) is 0 Å². The van der Waals surface area contributed by atoms with E-state index in [0.717, 1.165) is 11.1 Å². The summed E-state index contributed by atoms with van der Waals surface area (Å²) in [7, 11) is 0. The van der Waals surface area contributed by atoms with Crippen molar-refractivity contribution >= 4 is 11.6 Å². The van der Waals surface area contributed by atoms with Crippen molar-refractivity contribution < 1.29 is 9.18 Å². The highest BCUT2D eigenvalue weighted by Crippen LogP contribution is 2.20. The lowest BCUT2D eigenvalue weighted by atomic mass is 10.0. The lowest BCUT2D eigenvalue weighted by Gasteiger charge is -2.33. The van der Waals surface area contributed by atoms with Crippen LogP contribution in [0.2, 0.25) is 0 Å². The number of rotatable bonds is 2. The van der Waals surface area contributed by atoms with E-state index in [0.29, 0.717) is 30.8 Å². The number of nitrogens with one attached hydrogen (secondary N) is 1. The van der Waals surface area contributed by atoms with Crippen LogP contribution in [0.15, 0.2) is 42.9 Å². The molecule has 0 spiro atoms. The molecule has 0 saturated carbocycles. The van der Waals surface area contributed by atoms with Crippen LogP contribution in [0.25, 0.3) is 5.65 Å². The van der Waals surface area contributed by atoms with E-state index >= 15 is 0 Å². The van der Waals surface area contributed by atoms with Gasteiger partial charge in [-0.25, -0.2) is 13.9 Å². The number of carbonyl (C=O) groups excluding carboxylic acids is 1. The summed E-state index contributed by atoms with van der Waals surface area (Å²) in [5.74, 6) is -0.347. The van der Waals surface area contributed by atoms with Crippen LogP contribution in [0.5, 0.6) is 0 Å². The van der Waals surface area contributed by atoms with Gasteiger partial charge in [0, 0.05) is 38.1 Å². The molecule has 0 aliphatic carbocycles. The maximum atomic E-state index is 13.1. The number of carbonyl (C=O) groups is 1. The topological polar surface area (TPSA) is 62.5 Å². The number of aryl methyl sites for hydroxylation is 1. The van der Waals surface area contributed by atoms with Gasteiger partial charge in [0.05, 0.1) is 6.20 Å².